The maximum atomic E-state index is 12.9. The van der Waals surface area contributed by atoms with Crippen molar-refractivity contribution in [3.05, 3.63) is 48.8 Å². The van der Waals surface area contributed by atoms with Crippen molar-refractivity contribution in [2.24, 2.45) is 0 Å². The number of aromatic nitrogens is 4. The van der Waals surface area contributed by atoms with Gasteiger partial charge in [-0.05, 0) is 47.4 Å². The largest absolute Gasteiger partial charge is 0.611 e. The molecular weight excluding hydrogens is 418 g/mol. The van der Waals surface area contributed by atoms with Crippen molar-refractivity contribution in [2.75, 3.05) is 25.2 Å². The average Bonchev–Trinajstić information content (AvgIpc) is 3.10. The number of methoxy groups -OCH3 is 1. The zero-order chi connectivity index (χ0) is 21.1. The number of nitrogen functional groups attached to an aromatic ring is 1. The van der Waals surface area contributed by atoms with Crippen LogP contribution in [0.15, 0.2) is 47.3 Å². The minimum atomic E-state index is -1.21. The Balaban J connectivity index is 1.90. The lowest BCUT2D eigenvalue weighted by Crippen LogP contribution is -2.09. The molecule has 1 unspecified atom stereocenters. The molecule has 0 amide bonds. The summed E-state index contributed by atoms with van der Waals surface area (Å²) in [5.74, 6) is 0.494. The molecule has 0 saturated heterocycles. The van der Waals surface area contributed by atoms with Crippen LogP contribution in [0.1, 0.15) is 12.1 Å². The molecule has 0 aliphatic heterocycles. The van der Waals surface area contributed by atoms with Gasteiger partial charge in [0.15, 0.2) is 0 Å². The molecule has 9 heteroatoms. The van der Waals surface area contributed by atoms with Crippen LogP contribution in [0, 0.1) is 6.92 Å². The van der Waals surface area contributed by atoms with Crippen LogP contribution in [-0.4, -0.2) is 44.0 Å². The van der Waals surface area contributed by atoms with Crippen LogP contribution in [0.5, 0.6) is 0 Å². The van der Waals surface area contributed by atoms with Gasteiger partial charge >= 0.3 is 0 Å². The highest BCUT2D eigenvalue weighted by Gasteiger charge is 2.25. The summed E-state index contributed by atoms with van der Waals surface area (Å²) in [7, 11) is 1.64. The SMILES string of the molecule is COCCC[S+]([O-])c1sc2nc(-c3cncnc3)cc(-c3ccnc(C)c3)c2c1N. The van der Waals surface area contributed by atoms with Crippen molar-refractivity contribution in [3.63, 3.8) is 0 Å². The van der Waals surface area contributed by atoms with E-state index in [0.29, 0.717) is 28.7 Å². The Kier molecular flexibility index (Phi) is 6.24. The van der Waals surface area contributed by atoms with E-state index in [-0.39, 0.29) is 0 Å². The number of hydrogen-bond acceptors (Lipinski definition) is 8. The predicted octanol–water partition coefficient (Wildman–Crippen LogP) is 3.85. The fourth-order valence-electron chi connectivity index (χ4n) is 3.22. The molecular formula is C21H21N5O2S2. The van der Waals surface area contributed by atoms with E-state index in [1.807, 2.05) is 25.1 Å². The molecule has 2 N–H and O–H groups in total. The maximum Gasteiger partial charge on any atom is 0.232 e. The number of fused-ring (bicyclic) bond motifs is 1. The first kappa shape index (κ1) is 20.7. The quantitative estimate of drug-likeness (QED) is 0.344. The summed E-state index contributed by atoms with van der Waals surface area (Å²) < 4.78 is 18.6. The van der Waals surface area contributed by atoms with E-state index in [9.17, 15) is 4.55 Å². The number of hydrogen-bond donors (Lipinski definition) is 1. The van der Waals surface area contributed by atoms with E-state index >= 15 is 0 Å². The van der Waals surface area contributed by atoms with Crippen LogP contribution in [0.4, 0.5) is 5.69 Å². The number of rotatable bonds is 7. The minimum Gasteiger partial charge on any atom is -0.611 e. The summed E-state index contributed by atoms with van der Waals surface area (Å²) in [6.07, 6.45) is 7.41. The first-order chi connectivity index (χ1) is 14.6. The van der Waals surface area contributed by atoms with Gasteiger partial charge in [0.05, 0.1) is 12.3 Å². The van der Waals surface area contributed by atoms with Crippen LogP contribution in [0.25, 0.3) is 32.6 Å². The number of nitrogens with two attached hydrogens (primary N) is 1. The summed E-state index contributed by atoms with van der Waals surface area (Å²) in [6, 6.07) is 5.93. The number of aryl methyl sites for hydroxylation is 1. The third-order valence-electron chi connectivity index (χ3n) is 4.61. The lowest BCUT2D eigenvalue weighted by Gasteiger charge is -2.10. The molecule has 4 aromatic rings. The second kappa shape index (κ2) is 9.05. The van der Waals surface area contributed by atoms with E-state index in [1.54, 1.807) is 25.7 Å². The fraction of sp³-hybridized carbons (Fsp3) is 0.238. The first-order valence-corrected chi connectivity index (χ1v) is 11.5. The molecule has 4 heterocycles. The Labute approximate surface area is 181 Å². The average molecular weight is 440 g/mol. The molecule has 0 bridgehead atoms. The smallest absolute Gasteiger partial charge is 0.232 e. The van der Waals surface area contributed by atoms with E-state index in [2.05, 4.69) is 15.0 Å². The van der Waals surface area contributed by atoms with E-state index < -0.39 is 11.2 Å². The van der Waals surface area contributed by atoms with Gasteiger partial charge in [0.2, 0.25) is 4.21 Å². The molecule has 0 saturated carbocycles. The van der Waals surface area contributed by atoms with Crippen molar-refractivity contribution in [1.29, 1.82) is 0 Å². The number of anilines is 1. The molecule has 0 fully saturated rings. The van der Waals surface area contributed by atoms with Gasteiger partial charge in [-0.3, -0.25) is 4.98 Å². The molecule has 4 rings (SSSR count). The maximum absolute atomic E-state index is 12.9. The van der Waals surface area contributed by atoms with E-state index in [0.717, 1.165) is 38.3 Å². The fourth-order valence-corrected chi connectivity index (χ4v) is 5.84. The Bertz CT molecular complexity index is 1170. The summed E-state index contributed by atoms with van der Waals surface area (Å²) in [5.41, 5.74) is 11.4. The Hall–Kier alpha value is -2.59. The molecule has 0 aliphatic rings. The van der Waals surface area contributed by atoms with Gasteiger partial charge in [0.25, 0.3) is 0 Å². The van der Waals surface area contributed by atoms with Gasteiger partial charge in [0.1, 0.15) is 22.6 Å². The van der Waals surface area contributed by atoms with Crippen molar-refractivity contribution in [2.45, 2.75) is 17.6 Å². The lowest BCUT2D eigenvalue weighted by atomic mass is 10.0. The zero-order valence-corrected chi connectivity index (χ0v) is 18.3. The summed E-state index contributed by atoms with van der Waals surface area (Å²) >= 11 is 0.166. The molecule has 0 spiro atoms. The summed E-state index contributed by atoms with van der Waals surface area (Å²) in [5, 5.41) is 0.821. The lowest BCUT2D eigenvalue weighted by molar-refractivity contribution is 0.199. The van der Waals surface area contributed by atoms with E-state index in [1.165, 1.54) is 17.7 Å². The highest BCUT2D eigenvalue weighted by molar-refractivity contribution is 7.93. The number of ether oxygens (including phenoxy) is 1. The van der Waals surface area contributed by atoms with Crippen molar-refractivity contribution in [1.82, 2.24) is 19.9 Å². The first-order valence-electron chi connectivity index (χ1n) is 9.37. The third kappa shape index (κ3) is 4.15. The minimum absolute atomic E-state index is 0.494. The third-order valence-corrected chi connectivity index (χ3v) is 7.61. The number of thiophene rings is 1. The second-order valence-electron chi connectivity index (χ2n) is 6.75. The Morgan fingerprint density at radius 3 is 2.73 bits per heavy atom. The Morgan fingerprint density at radius 1 is 1.20 bits per heavy atom. The van der Waals surface area contributed by atoms with Gasteiger partial charge in [-0.1, -0.05) is 11.3 Å². The highest BCUT2D eigenvalue weighted by Crippen LogP contribution is 2.43. The number of pyridine rings is 2. The van der Waals surface area contributed by atoms with Gasteiger partial charge in [0, 0.05) is 48.8 Å². The van der Waals surface area contributed by atoms with Gasteiger partial charge in [-0.25, -0.2) is 15.0 Å². The standard InChI is InChI=1S/C21H21N5O2S2/c1-13-8-14(4-5-25-13)16-9-17(15-10-23-12-24-11-15)26-20-18(16)19(22)21(29-20)30(27)7-3-6-28-2/h4-5,8-12H,3,6-7,22H2,1-2H3. The molecule has 0 aromatic carbocycles. The van der Waals surface area contributed by atoms with Crippen LogP contribution >= 0.6 is 11.3 Å². The van der Waals surface area contributed by atoms with Crippen molar-refractivity contribution >= 4 is 38.4 Å². The molecule has 4 aromatic heterocycles. The van der Waals surface area contributed by atoms with Crippen LogP contribution in [-0.2, 0) is 15.9 Å². The summed E-state index contributed by atoms with van der Waals surface area (Å²) in [4.78, 5) is 18.1. The molecule has 154 valence electrons. The molecule has 0 aliphatic carbocycles. The van der Waals surface area contributed by atoms with Crippen LogP contribution < -0.4 is 5.73 Å². The normalized spacial score (nSPS) is 12.4. The van der Waals surface area contributed by atoms with Gasteiger partial charge in [-0.15, -0.1) is 0 Å². The van der Waals surface area contributed by atoms with Crippen molar-refractivity contribution in [3.8, 4) is 22.4 Å². The monoisotopic (exact) mass is 439 g/mol. The van der Waals surface area contributed by atoms with Crippen LogP contribution in [0.3, 0.4) is 0 Å². The van der Waals surface area contributed by atoms with E-state index in [4.69, 9.17) is 15.5 Å². The van der Waals surface area contributed by atoms with Crippen molar-refractivity contribution < 1.29 is 9.29 Å². The highest BCUT2D eigenvalue weighted by atomic mass is 32.2. The molecule has 30 heavy (non-hydrogen) atoms. The topological polar surface area (TPSA) is 110 Å². The van der Waals surface area contributed by atoms with Gasteiger partial charge < -0.3 is 15.0 Å². The zero-order valence-electron chi connectivity index (χ0n) is 16.7. The Morgan fingerprint density at radius 2 is 2.00 bits per heavy atom. The second-order valence-corrected chi connectivity index (χ2v) is 9.51. The molecule has 1 atom stereocenters. The van der Waals surface area contributed by atoms with Crippen LogP contribution in [0.2, 0.25) is 0 Å². The predicted molar refractivity (Wildman–Crippen MR) is 121 cm³/mol. The molecule has 0 radical (unpaired) electrons. The van der Waals surface area contributed by atoms with Gasteiger partial charge in [-0.2, -0.15) is 0 Å². The number of nitrogens with zero attached hydrogens (tertiary/aromatic N) is 4. The molecule has 7 nitrogen and oxygen atoms in total. The summed E-state index contributed by atoms with van der Waals surface area (Å²) in [6.45, 7) is 2.51.